The second-order valence-electron chi connectivity index (χ2n) is 5.95. The van der Waals surface area contributed by atoms with Crippen LogP contribution in [0, 0.1) is 0 Å². The summed E-state index contributed by atoms with van der Waals surface area (Å²) in [7, 11) is 2.87. The molecule has 0 saturated heterocycles. The number of hydrogen-bond acceptors (Lipinski definition) is 7. The van der Waals surface area contributed by atoms with Gasteiger partial charge in [-0.15, -0.1) is 0 Å². The van der Waals surface area contributed by atoms with E-state index in [0.717, 1.165) is 11.1 Å². The van der Waals surface area contributed by atoms with Crippen LogP contribution in [0.5, 0.6) is 11.5 Å². The quantitative estimate of drug-likeness (QED) is 0.307. The summed E-state index contributed by atoms with van der Waals surface area (Å²) >= 11 is 0. The zero-order chi connectivity index (χ0) is 20.5. The van der Waals surface area contributed by atoms with Crippen molar-refractivity contribution in [3.05, 3.63) is 83.3 Å². The van der Waals surface area contributed by atoms with Gasteiger partial charge in [0.25, 0.3) is 0 Å². The van der Waals surface area contributed by atoms with Gasteiger partial charge in [0.05, 0.1) is 20.4 Å². The highest BCUT2D eigenvalue weighted by molar-refractivity contribution is 5.86. The summed E-state index contributed by atoms with van der Waals surface area (Å²) in [6.45, 7) is 0.535. The number of benzene rings is 2. The number of ether oxygens (including phenoxy) is 3. The molecule has 0 radical (unpaired) electrons. The van der Waals surface area contributed by atoms with Crippen LogP contribution in [0.3, 0.4) is 0 Å². The summed E-state index contributed by atoms with van der Waals surface area (Å²) in [5, 5.41) is 3.91. The van der Waals surface area contributed by atoms with E-state index >= 15 is 0 Å². The Kier molecular flexibility index (Phi) is 6.89. The zero-order valence-corrected chi connectivity index (χ0v) is 16.2. The van der Waals surface area contributed by atoms with Gasteiger partial charge in [0, 0.05) is 5.56 Å². The molecule has 1 heterocycles. The van der Waals surface area contributed by atoms with E-state index in [9.17, 15) is 4.79 Å². The third-order valence-corrected chi connectivity index (χ3v) is 3.96. The van der Waals surface area contributed by atoms with Crippen molar-refractivity contribution in [3.63, 3.8) is 0 Å². The van der Waals surface area contributed by atoms with E-state index in [4.69, 9.17) is 18.7 Å². The van der Waals surface area contributed by atoms with E-state index in [2.05, 4.69) is 9.89 Å². The number of hydrogen-bond donors (Lipinski definition) is 0. The van der Waals surface area contributed by atoms with Gasteiger partial charge in [-0.05, 0) is 35.9 Å². The van der Waals surface area contributed by atoms with Crippen molar-refractivity contribution in [2.75, 3.05) is 14.2 Å². The lowest BCUT2D eigenvalue weighted by Crippen LogP contribution is -1.98. The van der Waals surface area contributed by atoms with Gasteiger partial charge in [-0.1, -0.05) is 35.5 Å². The molecule has 0 spiro atoms. The van der Waals surface area contributed by atoms with Crippen LogP contribution >= 0.6 is 0 Å². The minimum Gasteiger partial charge on any atom is -0.493 e. The minimum atomic E-state index is -0.540. The van der Waals surface area contributed by atoms with E-state index in [1.807, 2.05) is 42.5 Å². The van der Waals surface area contributed by atoms with Gasteiger partial charge >= 0.3 is 5.97 Å². The second kappa shape index (κ2) is 9.98. The van der Waals surface area contributed by atoms with Gasteiger partial charge in [0.1, 0.15) is 12.4 Å². The lowest BCUT2D eigenvalue weighted by molar-refractivity contribution is 0.0553. The first-order valence-corrected chi connectivity index (χ1v) is 8.86. The summed E-state index contributed by atoms with van der Waals surface area (Å²) < 4.78 is 21.1. The largest absolute Gasteiger partial charge is 0.493 e. The van der Waals surface area contributed by atoms with Gasteiger partial charge in [0.2, 0.25) is 5.76 Å². The monoisotopic (exact) mass is 395 g/mol. The maximum absolute atomic E-state index is 11.3. The van der Waals surface area contributed by atoms with Crippen LogP contribution in [0.4, 0.5) is 0 Å². The fourth-order valence-electron chi connectivity index (χ4n) is 2.48. The van der Waals surface area contributed by atoms with Gasteiger partial charge in [-0.25, -0.2) is 4.79 Å². The molecule has 29 heavy (non-hydrogen) atoms. The van der Waals surface area contributed by atoms with Crippen molar-refractivity contribution >= 4 is 12.2 Å². The van der Waals surface area contributed by atoms with E-state index in [1.165, 1.54) is 13.2 Å². The molecule has 0 saturated carbocycles. The Morgan fingerprint density at radius 1 is 1.00 bits per heavy atom. The first kappa shape index (κ1) is 20.0. The van der Waals surface area contributed by atoms with Crippen molar-refractivity contribution in [2.45, 2.75) is 13.2 Å². The molecule has 7 nitrogen and oxygen atoms in total. The number of carbonyl (C=O) groups excluding carboxylic acids is 1. The molecule has 0 aliphatic carbocycles. The maximum Gasteiger partial charge on any atom is 0.373 e. The molecule has 0 bridgehead atoms. The average molecular weight is 395 g/mol. The average Bonchev–Trinajstić information content (AvgIpc) is 3.24. The number of methoxy groups -OCH3 is 2. The van der Waals surface area contributed by atoms with Crippen LogP contribution in [0.15, 0.2) is 70.2 Å². The van der Waals surface area contributed by atoms with E-state index in [1.54, 1.807) is 25.5 Å². The molecular formula is C22H21NO6. The van der Waals surface area contributed by atoms with Crippen LogP contribution in [0.2, 0.25) is 0 Å². The lowest BCUT2D eigenvalue weighted by atomic mass is 10.2. The second-order valence-corrected chi connectivity index (χ2v) is 5.95. The smallest absolute Gasteiger partial charge is 0.373 e. The predicted molar refractivity (Wildman–Crippen MR) is 106 cm³/mol. The fraction of sp³-hybridized carbons (Fsp3) is 0.182. The molecule has 150 valence electrons. The highest BCUT2D eigenvalue weighted by Gasteiger charge is 2.11. The van der Waals surface area contributed by atoms with Crippen molar-refractivity contribution in [2.24, 2.45) is 5.16 Å². The standard InChI is InChI=1S/C22H21NO6/c1-25-21-12-17(8-10-19(21)27-14-16-6-4-3-5-7-16)13-23-28-15-18-9-11-20(29-18)22(24)26-2/h3-13H,14-15H2,1-2H3/b23-13-. The molecule has 2 aromatic carbocycles. The molecule has 0 aliphatic heterocycles. The van der Waals surface area contributed by atoms with Gasteiger partial charge in [0.15, 0.2) is 18.1 Å². The molecule has 3 rings (SSSR count). The Morgan fingerprint density at radius 2 is 1.83 bits per heavy atom. The van der Waals surface area contributed by atoms with E-state index < -0.39 is 5.97 Å². The van der Waals surface area contributed by atoms with Crippen molar-refractivity contribution in [1.82, 2.24) is 0 Å². The number of furan rings is 1. The Bertz CT molecular complexity index is 964. The van der Waals surface area contributed by atoms with Crippen molar-refractivity contribution in [3.8, 4) is 11.5 Å². The Labute approximate surface area is 168 Å². The molecule has 0 fully saturated rings. The highest BCUT2D eigenvalue weighted by atomic mass is 16.6. The van der Waals surface area contributed by atoms with E-state index in [-0.39, 0.29) is 12.4 Å². The zero-order valence-electron chi connectivity index (χ0n) is 16.2. The van der Waals surface area contributed by atoms with Crippen molar-refractivity contribution in [1.29, 1.82) is 0 Å². The van der Waals surface area contributed by atoms with Crippen LogP contribution in [-0.2, 0) is 22.8 Å². The number of rotatable bonds is 9. The summed E-state index contributed by atoms with van der Waals surface area (Å²) in [6.07, 6.45) is 1.55. The van der Waals surface area contributed by atoms with Gasteiger partial charge in [-0.3, -0.25) is 0 Å². The third-order valence-electron chi connectivity index (χ3n) is 3.96. The Morgan fingerprint density at radius 3 is 2.59 bits per heavy atom. The molecule has 0 unspecified atom stereocenters. The van der Waals surface area contributed by atoms with Crippen molar-refractivity contribution < 1.29 is 28.3 Å². The Balaban J connectivity index is 1.55. The lowest BCUT2D eigenvalue weighted by Gasteiger charge is -2.11. The molecule has 0 aliphatic rings. The first-order valence-electron chi connectivity index (χ1n) is 8.86. The molecule has 0 amide bonds. The van der Waals surface area contributed by atoms with Crippen LogP contribution in [-0.4, -0.2) is 26.4 Å². The highest BCUT2D eigenvalue weighted by Crippen LogP contribution is 2.28. The Hall–Kier alpha value is -3.74. The normalized spacial score (nSPS) is 10.7. The molecule has 0 N–H and O–H groups in total. The number of oxime groups is 1. The fourth-order valence-corrected chi connectivity index (χ4v) is 2.48. The summed E-state index contributed by atoms with van der Waals surface area (Å²) in [6, 6.07) is 18.5. The SMILES string of the molecule is COC(=O)c1ccc(CO/N=C\c2ccc(OCc3ccccc3)c(OC)c2)o1. The maximum atomic E-state index is 11.3. The van der Waals surface area contributed by atoms with Crippen LogP contribution in [0.25, 0.3) is 0 Å². The number of carbonyl (C=O) groups is 1. The summed E-state index contributed by atoms with van der Waals surface area (Å²) in [5.74, 6) is 1.27. The summed E-state index contributed by atoms with van der Waals surface area (Å²) in [5.41, 5.74) is 1.85. The predicted octanol–water partition coefficient (Wildman–Crippen LogP) is 4.20. The molecule has 0 atom stereocenters. The summed E-state index contributed by atoms with van der Waals surface area (Å²) in [4.78, 5) is 16.6. The first-order chi connectivity index (χ1) is 14.2. The van der Waals surface area contributed by atoms with Crippen LogP contribution < -0.4 is 9.47 Å². The van der Waals surface area contributed by atoms with Crippen LogP contribution in [0.1, 0.15) is 27.4 Å². The number of esters is 1. The molecule has 1 aromatic heterocycles. The minimum absolute atomic E-state index is 0.0862. The third kappa shape index (κ3) is 5.62. The number of nitrogens with zero attached hydrogens (tertiary/aromatic N) is 1. The molecule has 3 aromatic rings. The molecular weight excluding hydrogens is 374 g/mol. The molecule has 7 heteroatoms. The van der Waals surface area contributed by atoms with E-state index in [0.29, 0.717) is 23.9 Å². The van der Waals surface area contributed by atoms with Gasteiger partial charge in [-0.2, -0.15) is 0 Å². The topological polar surface area (TPSA) is 79.5 Å². The van der Waals surface area contributed by atoms with Gasteiger partial charge < -0.3 is 23.5 Å².